The molecule has 2 heterocycles. The fourth-order valence-electron chi connectivity index (χ4n) is 3.76. The lowest BCUT2D eigenvalue weighted by Gasteiger charge is -2.23. The number of rotatable bonds is 5. The summed E-state index contributed by atoms with van der Waals surface area (Å²) in [4.78, 5) is 2.17. The van der Waals surface area contributed by atoms with Gasteiger partial charge in [-0.1, -0.05) is 5.16 Å². The zero-order chi connectivity index (χ0) is 19.0. The Bertz CT molecular complexity index is 913. The average molecular weight is 395 g/mol. The van der Waals surface area contributed by atoms with Crippen LogP contribution in [0.3, 0.4) is 0 Å². The standard InChI is InChI=1S/C18H22FN3O4S/c19-12-1-4-15(5-2-12)27(24,25)21-13-3-6-18-16(9-13)17(20-26-18)11-22-8-7-14(23)10-22/h1-2,4-5,13-14,21,23H,3,6-11H2/t13?,14-/m1/s1. The van der Waals surface area contributed by atoms with Gasteiger partial charge >= 0.3 is 0 Å². The molecule has 2 aromatic rings. The van der Waals surface area contributed by atoms with E-state index in [2.05, 4.69) is 14.8 Å². The molecule has 2 N–H and O–H groups in total. The van der Waals surface area contributed by atoms with Crippen LogP contribution in [0.4, 0.5) is 4.39 Å². The molecule has 1 saturated heterocycles. The van der Waals surface area contributed by atoms with Gasteiger partial charge in [0.2, 0.25) is 10.0 Å². The highest BCUT2D eigenvalue weighted by atomic mass is 32.2. The van der Waals surface area contributed by atoms with E-state index < -0.39 is 15.8 Å². The molecule has 1 aromatic carbocycles. The molecule has 2 aliphatic rings. The second-order valence-electron chi connectivity index (χ2n) is 7.22. The van der Waals surface area contributed by atoms with Crippen LogP contribution in [-0.4, -0.2) is 48.8 Å². The van der Waals surface area contributed by atoms with Crippen LogP contribution in [0, 0.1) is 5.82 Å². The number of sulfonamides is 1. The zero-order valence-electron chi connectivity index (χ0n) is 14.8. The first-order valence-corrected chi connectivity index (χ1v) is 10.5. The summed E-state index contributed by atoms with van der Waals surface area (Å²) in [6.45, 7) is 2.01. The van der Waals surface area contributed by atoms with Crippen LogP contribution in [0.25, 0.3) is 0 Å². The third-order valence-corrected chi connectivity index (χ3v) is 6.72. The van der Waals surface area contributed by atoms with Gasteiger partial charge in [0.1, 0.15) is 17.3 Å². The van der Waals surface area contributed by atoms with Crippen molar-refractivity contribution in [3.05, 3.63) is 47.1 Å². The van der Waals surface area contributed by atoms with E-state index in [1.54, 1.807) is 0 Å². The van der Waals surface area contributed by atoms with Crippen LogP contribution in [0.2, 0.25) is 0 Å². The summed E-state index contributed by atoms with van der Waals surface area (Å²) in [5.74, 6) is 0.333. The van der Waals surface area contributed by atoms with Crippen LogP contribution >= 0.6 is 0 Å². The van der Waals surface area contributed by atoms with E-state index in [1.165, 1.54) is 12.1 Å². The van der Waals surface area contributed by atoms with Gasteiger partial charge in [-0.2, -0.15) is 0 Å². The van der Waals surface area contributed by atoms with Gasteiger partial charge in [0, 0.05) is 37.7 Å². The number of halogens is 1. The maximum atomic E-state index is 13.0. The average Bonchev–Trinajstić information content (AvgIpc) is 3.21. The van der Waals surface area contributed by atoms with Crippen LogP contribution in [-0.2, 0) is 29.4 Å². The number of aliphatic hydroxyl groups excluding tert-OH is 1. The molecule has 0 saturated carbocycles. The Hall–Kier alpha value is -1.81. The van der Waals surface area contributed by atoms with Gasteiger partial charge in [-0.25, -0.2) is 17.5 Å². The lowest BCUT2D eigenvalue weighted by atomic mass is 9.92. The Morgan fingerprint density at radius 2 is 2.07 bits per heavy atom. The van der Waals surface area contributed by atoms with Crippen LogP contribution in [0.1, 0.15) is 29.9 Å². The molecule has 0 radical (unpaired) electrons. The molecule has 0 spiro atoms. The molecule has 0 bridgehead atoms. The third kappa shape index (κ3) is 4.06. The van der Waals surface area contributed by atoms with Crippen molar-refractivity contribution in [2.75, 3.05) is 13.1 Å². The molecule has 2 atom stereocenters. The lowest BCUT2D eigenvalue weighted by molar-refractivity contribution is 0.173. The first kappa shape index (κ1) is 18.5. The van der Waals surface area contributed by atoms with Gasteiger partial charge in [0.25, 0.3) is 0 Å². The van der Waals surface area contributed by atoms with E-state index in [0.717, 1.165) is 42.1 Å². The van der Waals surface area contributed by atoms with Gasteiger partial charge in [0.15, 0.2) is 0 Å². The summed E-state index contributed by atoms with van der Waals surface area (Å²) >= 11 is 0. The van der Waals surface area contributed by atoms with Gasteiger partial charge in [-0.15, -0.1) is 0 Å². The topological polar surface area (TPSA) is 95.7 Å². The normalized spacial score (nSPS) is 23.5. The number of likely N-dealkylation sites (tertiary alicyclic amines) is 1. The Kier molecular flexibility index (Phi) is 5.02. The number of nitrogens with one attached hydrogen (secondary N) is 1. The fourth-order valence-corrected chi connectivity index (χ4v) is 5.03. The highest BCUT2D eigenvalue weighted by Crippen LogP contribution is 2.27. The van der Waals surface area contributed by atoms with Crippen LogP contribution < -0.4 is 4.72 Å². The second kappa shape index (κ2) is 7.31. The van der Waals surface area contributed by atoms with Crippen molar-refractivity contribution in [2.45, 2.75) is 49.3 Å². The van der Waals surface area contributed by atoms with Crippen molar-refractivity contribution in [3.8, 4) is 0 Å². The lowest BCUT2D eigenvalue weighted by Crippen LogP contribution is -2.39. The predicted molar refractivity (Wildman–Crippen MR) is 94.9 cm³/mol. The van der Waals surface area contributed by atoms with Crippen LogP contribution in [0.5, 0.6) is 0 Å². The van der Waals surface area contributed by atoms with Crippen molar-refractivity contribution in [1.29, 1.82) is 0 Å². The summed E-state index contributed by atoms with van der Waals surface area (Å²) in [5, 5.41) is 13.8. The largest absolute Gasteiger partial charge is 0.392 e. The van der Waals surface area contributed by atoms with Crippen molar-refractivity contribution >= 4 is 10.0 Å². The number of aromatic nitrogens is 1. The first-order chi connectivity index (χ1) is 12.9. The number of aryl methyl sites for hydroxylation is 1. The fraction of sp³-hybridized carbons (Fsp3) is 0.500. The van der Waals surface area contributed by atoms with Gasteiger partial charge in [0.05, 0.1) is 11.0 Å². The van der Waals surface area contributed by atoms with Crippen molar-refractivity contribution in [1.82, 2.24) is 14.8 Å². The number of nitrogens with zero attached hydrogens (tertiary/aromatic N) is 2. The SMILES string of the molecule is O=S(=O)(NC1CCc2onc(CN3CC[C@@H](O)C3)c2C1)c1ccc(F)cc1. The molecule has 1 aromatic heterocycles. The monoisotopic (exact) mass is 395 g/mol. The molecular formula is C18H22FN3O4S. The summed E-state index contributed by atoms with van der Waals surface area (Å²) in [6.07, 6.45) is 2.18. The van der Waals surface area contributed by atoms with E-state index in [-0.39, 0.29) is 17.0 Å². The summed E-state index contributed by atoms with van der Waals surface area (Å²) in [7, 11) is -3.72. The third-order valence-electron chi connectivity index (χ3n) is 5.19. The number of β-amino-alcohol motifs (C(OH)–C–C–N with tert-alkyl or cyclic N) is 1. The molecule has 1 aliphatic carbocycles. The minimum Gasteiger partial charge on any atom is -0.392 e. The highest BCUT2D eigenvalue weighted by Gasteiger charge is 2.30. The molecule has 4 rings (SSSR count). The molecule has 146 valence electrons. The van der Waals surface area contributed by atoms with Crippen molar-refractivity contribution < 1.29 is 22.4 Å². The van der Waals surface area contributed by atoms with Gasteiger partial charge < -0.3 is 9.63 Å². The maximum Gasteiger partial charge on any atom is 0.240 e. The molecule has 7 nitrogen and oxygen atoms in total. The minimum atomic E-state index is -3.72. The number of fused-ring (bicyclic) bond motifs is 1. The van der Waals surface area contributed by atoms with E-state index in [1.807, 2.05) is 0 Å². The van der Waals surface area contributed by atoms with E-state index in [9.17, 15) is 17.9 Å². The first-order valence-electron chi connectivity index (χ1n) is 9.05. The quantitative estimate of drug-likeness (QED) is 0.790. The summed E-state index contributed by atoms with van der Waals surface area (Å²) < 4.78 is 46.3. The predicted octanol–water partition coefficient (Wildman–Crippen LogP) is 1.22. The van der Waals surface area contributed by atoms with E-state index in [4.69, 9.17) is 4.52 Å². The molecular weight excluding hydrogens is 373 g/mol. The Morgan fingerprint density at radius 1 is 1.30 bits per heavy atom. The Labute approximate surface area is 157 Å². The minimum absolute atomic E-state index is 0.0475. The van der Waals surface area contributed by atoms with E-state index >= 15 is 0 Å². The van der Waals surface area contributed by atoms with Crippen LogP contribution in [0.15, 0.2) is 33.7 Å². The number of benzene rings is 1. The molecule has 1 aliphatic heterocycles. The van der Waals surface area contributed by atoms with Crippen molar-refractivity contribution in [2.24, 2.45) is 0 Å². The van der Waals surface area contributed by atoms with E-state index in [0.29, 0.717) is 32.4 Å². The summed E-state index contributed by atoms with van der Waals surface area (Å²) in [6, 6.07) is 4.52. The second-order valence-corrected chi connectivity index (χ2v) is 8.94. The molecule has 9 heteroatoms. The summed E-state index contributed by atoms with van der Waals surface area (Å²) in [5.41, 5.74) is 1.76. The Balaban J connectivity index is 1.46. The van der Waals surface area contributed by atoms with Crippen molar-refractivity contribution in [3.63, 3.8) is 0 Å². The molecule has 1 unspecified atom stereocenters. The smallest absolute Gasteiger partial charge is 0.240 e. The number of hydrogen-bond donors (Lipinski definition) is 2. The number of aliphatic hydroxyl groups is 1. The molecule has 27 heavy (non-hydrogen) atoms. The zero-order valence-corrected chi connectivity index (χ0v) is 15.6. The molecule has 1 fully saturated rings. The maximum absolute atomic E-state index is 13.0. The highest BCUT2D eigenvalue weighted by molar-refractivity contribution is 7.89. The molecule has 0 amide bonds. The van der Waals surface area contributed by atoms with Gasteiger partial charge in [-0.05, 0) is 43.5 Å². The van der Waals surface area contributed by atoms with Gasteiger partial charge in [-0.3, -0.25) is 4.90 Å². The number of hydrogen-bond acceptors (Lipinski definition) is 6. The Morgan fingerprint density at radius 3 is 2.78 bits per heavy atom.